The maximum atomic E-state index is 6.38. The van der Waals surface area contributed by atoms with Gasteiger partial charge in [-0.25, -0.2) is 0 Å². The molecule has 0 spiro atoms. The maximum Gasteiger partial charge on any atom is 0.124 e. The number of rotatable bonds is 3. The summed E-state index contributed by atoms with van der Waals surface area (Å²) < 4.78 is 5.88. The van der Waals surface area contributed by atoms with Crippen molar-refractivity contribution >= 4 is 11.6 Å². The van der Waals surface area contributed by atoms with Crippen LogP contribution >= 0.6 is 11.6 Å². The third-order valence-electron chi connectivity index (χ3n) is 3.58. The van der Waals surface area contributed by atoms with Crippen molar-refractivity contribution in [2.24, 2.45) is 0 Å². The molecule has 0 amide bonds. The van der Waals surface area contributed by atoms with E-state index in [0.29, 0.717) is 6.04 Å². The Morgan fingerprint density at radius 3 is 2.94 bits per heavy atom. The Kier molecular flexibility index (Phi) is 4.52. The lowest BCUT2D eigenvalue weighted by molar-refractivity contribution is 0.315. The van der Waals surface area contributed by atoms with Crippen molar-refractivity contribution in [3.8, 4) is 5.75 Å². The molecular weight excluding hydrogens is 246 g/mol. The van der Waals surface area contributed by atoms with Crippen molar-refractivity contribution in [1.29, 1.82) is 0 Å². The Labute approximate surface area is 115 Å². The SMILES string of the molecule is CCCNC1CCCOc2cc(C)c(Cl)c(C)c21. The van der Waals surface area contributed by atoms with Gasteiger partial charge in [-0.1, -0.05) is 18.5 Å². The molecule has 0 saturated heterocycles. The minimum Gasteiger partial charge on any atom is -0.493 e. The number of hydrogen-bond acceptors (Lipinski definition) is 2. The van der Waals surface area contributed by atoms with Gasteiger partial charge in [-0.05, 0) is 56.8 Å². The second kappa shape index (κ2) is 5.94. The summed E-state index contributed by atoms with van der Waals surface area (Å²) in [6.45, 7) is 8.17. The highest BCUT2D eigenvalue weighted by Gasteiger charge is 2.23. The number of nitrogens with one attached hydrogen (secondary N) is 1. The van der Waals surface area contributed by atoms with Gasteiger partial charge in [0.25, 0.3) is 0 Å². The maximum absolute atomic E-state index is 6.38. The molecule has 0 radical (unpaired) electrons. The van der Waals surface area contributed by atoms with Gasteiger partial charge in [0.2, 0.25) is 0 Å². The molecule has 2 rings (SSSR count). The summed E-state index contributed by atoms with van der Waals surface area (Å²) in [5.74, 6) is 1.01. The molecule has 2 nitrogen and oxygen atoms in total. The number of benzene rings is 1. The standard InChI is InChI=1S/C15H22ClNO/c1-4-7-17-12-6-5-8-18-13-9-10(2)15(16)11(3)14(12)13/h9,12,17H,4-8H2,1-3H3. The molecule has 1 atom stereocenters. The van der Waals surface area contributed by atoms with Crippen molar-refractivity contribution in [2.75, 3.05) is 13.2 Å². The molecule has 100 valence electrons. The van der Waals surface area contributed by atoms with E-state index in [1.165, 1.54) is 11.1 Å². The minimum absolute atomic E-state index is 0.376. The molecule has 1 N–H and O–H groups in total. The van der Waals surface area contributed by atoms with Crippen LogP contribution in [0.3, 0.4) is 0 Å². The summed E-state index contributed by atoms with van der Waals surface area (Å²) in [4.78, 5) is 0. The van der Waals surface area contributed by atoms with E-state index in [4.69, 9.17) is 16.3 Å². The second-order valence-electron chi connectivity index (χ2n) is 5.04. The Bertz CT molecular complexity index is 431. The smallest absolute Gasteiger partial charge is 0.124 e. The monoisotopic (exact) mass is 267 g/mol. The number of hydrogen-bond donors (Lipinski definition) is 1. The molecule has 1 aliphatic rings. The van der Waals surface area contributed by atoms with E-state index in [1.807, 2.05) is 6.92 Å². The Morgan fingerprint density at radius 1 is 1.44 bits per heavy atom. The second-order valence-corrected chi connectivity index (χ2v) is 5.42. The zero-order valence-corrected chi connectivity index (χ0v) is 12.2. The van der Waals surface area contributed by atoms with Gasteiger partial charge in [0.1, 0.15) is 5.75 Å². The normalized spacial score (nSPS) is 19.0. The first-order chi connectivity index (χ1) is 8.65. The molecule has 0 aliphatic carbocycles. The fourth-order valence-corrected chi connectivity index (χ4v) is 2.78. The van der Waals surface area contributed by atoms with Crippen molar-refractivity contribution in [3.05, 3.63) is 27.8 Å². The summed E-state index contributed by atoms with van der Waals surface area (Å²) in [7, 11) is 0. The van der Waals surface area contributed by atoms with Crippen molar-refractivity contribution < 1.29 is 4.74 Å². The van der Waals surface area contributed by atoms with E-state index in [2.05, 4.69) is 25.2 Å². The summed E-state index contributed by atoms with van der Waals surface area (Å²) in [5, 5.41) is 4.49. The fraction of sp³-hybridized carbons (Fsp3) is 0.600. The van der Waals surface area contributed by atoms with Crippen LogP contribution in [0.25, 0.3) is 0 Å². The first kappa shape index (κ1) is 13.7. The van der Waals surface area contributed by atoms with Crippen LogP contribution in [-0.4, -0.2) is 13.2 Å². The molecule has 0 aromatic heterocycles. The zero-order chi connectivity index (χ0) is 13.1. The van der Waals surface area contributed by atoms with Crippen molar-refractivity contribution in [2.45, 2.75) is 46.1 Å². The van der Waals surface area contributed by atoms with Crippen LogP contribution < -0.4 is 10.1 Å². The molecule has 1 heterocycles. The zero-order valence-electron chi connectivity index (χ0n) is 11.5. The summed E-state index contributed by atoms with van der Waals surface area (Å²) >= 11 is 6.38. The third-order valence-corrected chi connectivity index (χ3v) is 4.16. The number of fused-ring (bicyclic) bond motifs is 1. The highest BCUT2D eigenvalue weighted by molar-refractivity contribution is 6.32. The lowest BCUT2D eigenvalue weighted by atomic mass is 9.95. The first-order valence-corrected chi connectivity index (χ1v) is 7.18. The molecule has 0 saturated carbocycles. The van der Waals surface area contributed by atoms with Gasteiger partial charge in [-0.3, -0.25) is 0 Å². The lowest BCUT2D eigenvalue weighted by Crippen LogP contribution is -2.22. The number of halogens is 1. The highest BCUT2D eigenvalue weighted by atomic mass is 35.5. The summed E-state index contributed by atoms with van der Waals surface area (Å²) in [5.41, 5.74) is 3.53. The molecular formula is C15H22ClNO. The van der Waals surface area contributed by atoms with Gasteiger partial charge in [0.05, 0.1) is 6.61 Å². The summed E-state index contributed by atoms with van der Waals surface area (Å²) in [6, 6.07) is 2.46. The molecule has 18 heavy (non-hydrogen) atoms. The fourth-order valence-electron chi connectivity index (χ4n) is 2.63. The molecule has 0 bridgehead atoms. The number of aryl methyl sites for hydroxylation is 1. The van der Waals surface area contributed by atoms with Crippen molar-refractivity contribution in [3.63, 3.8) is 0 Å². The van der Waals surface area contributed by atoms with Crippen LogP contribution in [0, 0.1) is 13.8 Å². The molecule has 0 fully saturated rings. The van der Waals surface area contributed by atoms with Gasteiger partial charge >= 0.3 is 0 Å². The Morgan fingerprint density at radius 2 is 2.22 bits per heavy atom. The van der Waals surface area contributed by atoms with Gasteiger partial charge in [-0.15, -0.1) is 0 Å². The van der Waals surface area contributed by atoms with Gasteiger partial charge in [-0.2, -0.15) is 0 Å². The van der Waals surface area contributed by atoms with Crippen molar-refractivity contribution in [1.82, 2.24) is 5.32 Å². The predicted octanol–water partition coefficient (Wildman–Crippen LogP) is 4.17. The molecule has 1 aromatic rings. The van der Waals surface area contributed by atoms with Crippen LogP contribution in [0.15, 0.2) is 6.07 Å². The largest absolute Gasteiger partial charge is 0.493 e. The van der Waals surface area contributed by atoms with E-state index in [1.54, 1.807) is 0 Å². The minimum atomic E-state index is 0.376. The van der Waals surface area contributed by atoms with E-state index in [9.17, 15) is 0 Å². The van der Waals surface area contributed by atoms with E-state index < -0.39 is 0 Å². The van der Waals surface area contributed by atoms with Gasteiger partial charge in [0, 0.05) is 16.6 Å². The average molecular weight is 268 g/mol. The third kappa shape index (κ3) is 2.65. The first-order valence-electron chi connectivity index (χ1n) is 6.81. The summed E-state index contributed by atoms with van der Waals surface area (Å²) in [6.07, 6.45) is 3.35. The topological polar surface area (TPSA) is 21.3 Å². The quantitative estimate of drug-likeness (QED) is 0.888. The Hall–Kier alpha value is -0.730. The van der Waals surface area contributed by atoms with E-state index in [-0.39, 0.29) is 0 Å². The van der Waals surface area contributed by atoms with Crippen LogP contribution in [0.4, 0.5) is 0 Å². The average Bonchev–Trinajstić information content (AvgIpc) is 2.56. The molecule has 3 heteroatoms. The molecule has 1 aromatic carbocycles. The van der Waals surface area contributed by atoms with Crippen LogP contribution in [-0.2, 0) is 0 Å². The van der Waals surface area contributed by atoms with Gasteiger partial charge < -0.3 is 10.1 Å². The van der Waals surface area contributed by atoms with Crippen LogP contribution in [0.2, 0.25) is 5.02 Å². The highest BCUT2D eigenvalue weighted by Crippen LogP contribution is 2.39. The van der Waals surface area contributed by atoms with Crippen LogP contribution in [0.5, 0.6) is 5.75 Å². The van der Waals surface area contributed by atoms with E-state index in [0.717, 1.165) is 48.7 Å². The van der Waals surface area contributed by atoms with E-state index >= 15 is 0 Å². The molecule has 1 aliphatic heterocycles. The molecule has 1 unspecified atom stereocenters. The Balaban J connectivity index is 2.42. The number of ether oxygens (including phenoxy) is 1. The van der Waals surface area contributed by atoms with Crippen LogP contribution in [0.1, 0.15) is 48.9 Å². The lowest BCUT2D eigenvalue weighted by Gasteiger charge is -2.22. The van der Waals surface area contributed by atoms with Gasteiger partial charge in [0.15, 0.2) is 0 Å². The predicted molar refractivity (Wildman–Crippen MR) is 76.7 cm³/mol.